The molecule has 0 spiro atoms. The van der Waals surface area contributed by atoms with E-state index in [0.29, 0.717) is 26.3 Å². The standard InChI is InChI=1S/C27H30N6O3/c1-17-5-7-20(8-6-17)33-25-23(24(30-33)19-12-31(13-19)26(34)36-27(2,3)4)22(9-10-28-25)18-11-29-32(14-18)21-15-35-16-21/h5-11,14,19,21H,12-13,15-16H2,1-4H3. The van der Waals surface area contributed by atoms with E-state index in [1.54, 1.807) is 4.90 Å². The molecule has 2 saturated heterocycles. The molecule has 1 aromatic carbocycles. The number of aryl methyl sites for hydroxylation is 1. The molecule has 4 aromatic rings. The first-order valence-corrected chi connectivity index (χ1v) is 12.3. The molecular weight excluding hydrogens is 456 g/mol. The Kier molecular flexibility index (Phi) is 5.33. The largest absolute Gasteiger partial charge is 0.444 e. The lowest BCUT2D eigenvalue weighted by molar-refractivity contribution is -0.0286. The van der Waals surface area contributed by atoms with E-state index in [0.717, 1.165) is 33.5 Å². The van der Waals surface area contributed by atoms with Crippen LogP contribution >= 0.6 is 0 Å². The van der Waals surface area contributed by atoms with Gasteiger partial charge in [0, 0.05) is 37.0 Å². The van der Waals surface area contributed by atoms with Gasteiger partial charge in [0.2, 0.25) is 0 Å². The predicted molar refractivity (Wildman–Crippen MR) is 135 cm³/mol. The first-order valence-electron chi connectivity index (χ1n) is 12.3. The van der Waals surface area contributed by atoms with Crippen LogP contribution in [0.4, 0.5) is 4.79 Å². The third-order valence-electron chi connectivity index (χ3n) is 6.70. The minimum absolute atomic E-state index is 0.0877. The van der Waals surface area contributed by atoms with Crippen LogP contribution in [0.15, 0.2) is 48.9 Å². The zero-order valence-corrected chi connectivity index (χ0v) is 21.0. The van der Waals surface area contributed by atoms with Crippen LogP contribution in [-0.2, 0) is 9.47 Å². The summed E-state index contributed by atoms with van der Waals surface area (Å²) < 4.78 is 14.8. The second-order valence-corrected chi connectivity index (χ2v) is 10.7. The molecule has 0 unspecified atom stereocenters. The maximum atomic E-state index is 12.6. The molecular formula is C27H30N6O3. The number of fused-ring (bicyclic) bond motifs is 1. The Hall–Kier alpha value is -3.72. The van der Waals surface area contributed by atoms with Crippen molar-refractivity contribution in [2.75, 3.05) is 26.3 Å². The Morgan fingerprint density at radius 2 is 1.86 bits per heavy atom. The number of amides is 1. The van der Waals surface area contributed by atoms with Crippen LogP contribution in [0.5, 0.6) is 0 Å². The van der Waals surface area contributed by atoms with Gasteiger partial charge < -0.3 is 14.4 Å². The molecule has 0 radical (unpaired) electrons. The molecule has 0 N–H and O–H groups in total. The quantitative estimate of drug-likeness (QED) is 0.422. The smallest absolute Gasteiger partial charge is 0.410 e. The second-order valence-electron chi connectivity index (χ2n) is 10.7. The van der Waals surface area contributed by atoms with Crippen LogP contribution < -0.4 is 0 Å². The average molecular weight is 487 g/mol. The number of hydrogen-bond donors (Lipinski definition) is 0. The van der Waals surface area contributed by atoms with Crippen molar-refractivity contribution in [3.63, 3.8) is 0 Å². The third kappa shape index (κ3) is 4.03. The summed E-state index contributed by atoms with van der Waals surface area (Å²) in [6.45, 7) is 10.2. The van der Waals surface area contributed by atoms with Crippen molar-refractivity contribution >= 4 is 17.1 Å². The summed E-state index contributed by atoms with van der Waals surface area (Å²) >= 11 is 0. The summed E-state index contributed by atoms with van der Waals surface area (Å²) in [5, 5.41) is 10.7. The van der Waals surface area contributed by atoms with Crippen molar-refractivity contribution in [2.45, 2.75) is 45.3 Å². The van der Waals surface area contributed by atoms with Crippen molar-refractivity contribution in [1.29, 1.82) is 0 Å². The Balaban J connectivity index is 1.41. The summed E-state index contributed by atoms with van der Waals surface area (Å²) in [5.41, 5.74) is 5.40. The molecule has 5 heterocycles. The van der Waals surface area contributed by atoms with E-state index in [1.807, 2.05) is 48.6 Å². The fourth-order valence-corrected chi connectivity index (χ4v) is 4.64. The number of benzene rings is 1. The Morgan fingerprint density at radius 3 is 2.53 bits per heavy atom. The maximum Gasteiger partial charge on any atom is 0.410 e. The number of hydrogen-bond acceptors (Lipinski definition) is 6. The summed E-state index contributed by atoms with van der Waals surface area (Å²) in [5.74, 6) is 0.0877. The number of nitrogens with zero attached hydrogens (tertiary/aromatic N) is 6. The van der Waals surface area contributed by atoms with Crippen molar-refractivity contribution in [3.8, 4) is 16.8 Å². The molecule has 0 atom stereocenters. The van der Waals surface area contributed by atoms with Crippen molar-refractivity contribution in [2.24, 2.45) is 0 Å². The summed E-state index contributed by atoms with van der Waals surface area (Å²) in [4.78, 5) is 19.1. The van der Waals surface area contributed by atoms with Crippen LogP contribution in [0.3, 0.4) is 0 Å². The Labute approximate surface area is 209 Å². The van der Waals surface area contributed by atoms with E-state index >= 15 is 0 Å². The molecule has 0 bridgehead atoms. The van der Waals surface area contributed by atoms with Gasteiger partial charge in [-0.15, -0.1) is 0 Å². The number of pyridine rings is 1. The minimum atomic E-state index is -0.523. The highest BCUT2D eigenvalue weighted by Crippen LogP contribution is 2.38. The highest BCUT2D eigenvalue weighted by Gasteiger charge is 2.38. The van der Waals surface area contributed by atoms with Crippen LogP contribution in [0.2, 0.25) is 0 Å². The van der Waals surface area contributed by atoms with Gasteiger partial charge >= 0.3 is 6.09 Å². The summed E-state index contributed by atoms with van der Waals surface area (Å²) in [6, 6.07) is 10.6. The number of likely N-dealkylation sites (tertiary alicyclic amines) is 1. The van der Waals surface area contributed by atoms with Crippen molar-refractivity contribution < 1.29 is 14.3 Å². The van der Waals surface area contributed by atoms with E-state index < -0.39 is 5.60 Å². The maximum absolute atomic E-state index is 12.6. The van der Waals surface area contributed by atoms with Gasteiger partial charge in [0.25, 0.3) is 0 Å². The van der Waals surface area contributed by atoms with E-state index in [-0.39, 0.29) is 18.1 Å². The van der Waals surface area contributed by atoms with Gasteiger partial charge in [-0.3, -0.25) is 4.68 Å². The van der Waals surface area contributed by atoms with Crippen molar-refractivity contribution in [3.05, 3.63) is 60.2 Å². The first-order chi connectivity index (χ1) is 17.3. The third-order valence-corrected chi connectivity index (χ3v) is 6.70. The SMILES string of the molecule is Cc1ccc(-n2nc(C3CN(C(=O)OC(C)(C)C)C3)c3c(-c4cnn(C5COC5)c4)ccnc32)cc1. The summed E-state index contributed by atoms with van der Waals surface area (Å²) in [7, 11) is 0. The Morgan fingerprint density at radius 1 is 1.11 bits per heavy atom. The fourth-order valence-electron chi connectivity index (χ4n) is 4.64. The molecule has 36 heavy (non-hydrogen) atoms. The van der Waals surface area contributed by atoms with Gasteiger partial charge in [-0.25, -0.2) is 14.5 Å². The molecule has 3 aromatic heterocycles. The lowest BCUT2D eigenvalue weighted by Crippen LogP contribution is -2.50. The zero-order chi connectivity index (χ0) is 25.0. The first kappa shape index (κ1) is 22.7. The number of carbonyl (C=O) groups excluding carboxylic acids is 1. The highest BCUT2D eigenvalue weighted by molar-refractivity contribution is 5.96. The number of aromatic nitrogens is 5. The van der Waals surface area contributed by atoms with E-state index in [9.17, 15) is 4.79 Å². The van der Waals surface area contributed by atoms with Gasteiger partial charge in [0.1, 0.15) is 5.60 Å². The normalized spacial score (nSPS) is 16.7. The molecule has 9 nitrogen and oxygen atoms in total. The zero-order valence-electron chi connectivity index (χ0n) is 21.0. The lowest BCUT2D eigenvalue weighted by Gasteiger charge is -2.39. The molecule has 6 rings (SSSR count). The van der Waals surface area contributed by atoms with Crippen LogP contribution in [0.25, 0.3) is 27.8 Å². The van der Waals surface area contributed by atoms with Crippen LogP contribution in [0.1, 0.15) is 44.0 Å². The summed E-state index contributed by atoms with van der Waals surface area (Å²) in [6.07, 6.45) is 5.51. The van der Waals surface area contributed by atoms with E-state index in [2.05, 4.69) is 42.5 Å². The van der Waals surface area contributed by atoms with Gasteiger partial charge in [0.15, 0.2) is 5.65 Å². The lowest BCUT2D eigenvalue weighted by atomic mass is 9.92. The molecule has 2 aliphatic heterocycles. The monoisotopic (exact) mass is 486 g/mol. The molecule has 2 aliphatic rings. The Bertz CT molecular complexity index is 1420. The van der Waals surface area contributed by atoms with E-state index in [1.165, 1.54) is 5.56 Å². The van der Waals surface area contributed by atoms with Gasteiger partial charge in [0.05, 0.1) is 42.2 Å². The predicted octanol–water partition coefficient (Wildman–Crippen LogP) is 4.50. The average Bonchev–Trinajstić information content (AvgIpc) is 3.37. The minimum Gasteiger partial charge on any atom is -0.444 e. The van der Waals surface area contributed by atoms with Crippen molar-refractivity contribution in [1.82, 2.24) is 29.4 Å². The van der Waals surface area contributed by atoms with Crippen LogP contribution in [0, 0.1) is 6.92 Å². The van der Waals surface area contributed by atoms with Gasteiger partial charge in [-0.1, -0.05) is 17.7 Å². The molecule has 0 aliphatic carbocycles. The molecule has 9 heteroatoms. The van der Waals surface area contributed by atoms with Gasteiger partial charge in [-0.2, -0.15) is 10.2 Å². The molecule has 2 fully saturated rings. The fraction of sp³-hybridized carbons (Fsp3) is 0.407. The molecule has 186 valence electrons. The number of carbonyl (C=O) groups is 1. The van der Waals surface area contributed by atoms with Crippen LogP contribution in [-0.4, -0.2) is 67.4 Å². The molecule has 1 amide bonds. The number of ether oxygens (including phenoxy) is 2. The topological polar surface area (TPSA) is 87.3 Å². The molecule has 0 saturated carbocycles. The second kappa shape index (κ2) is 8.44. The number of rotatable bonds is 4. The van der Waals surface area contributed by atoms with E-state index in [4.69, 9.17) is 19.6 Å². The highest BCUT2D eigenvalue weighted by atomic mass is 16.6. The van der Waals surface area contributed by atoms with Gasteiger partial charge in [-0.05, 0) is 51.5 Å².